The van der Waals surface area contributed by atoms with Crippen LogP contribution in [0.2, 0.25) is 0 Å². The Labute approximate surface area is 174 Å². The van der Waals surface area contributed by atoms with E-state index in [1.165, 1.54) is 38.5 Å². The molecule has 4 heteroatoms. The summed E-state index contributed by atoms with van der Waals surface area (Å²) in [5, 5.41) is 2.20. The van der Waals surface area contributed by atoms with Crippen molar-refractivity contribution in [1.82, 2.24) is 0 Å². The molecule has 0 saturated heterocycles. The van der Waals surface area contributed by atoms with Crippen molar-refractivity contribution >= 4 is 42.6 Å². The van der Waals surface area contributed by atoms with Gasteiger partial charge in [0.15, 0.2) is 0 Å². The lowest BCUT2D eigenvalue weighted by molar-refractivity contribution is 0.302. The number of benzene rings is 2. The van der Waals surface area contributed by atoms with Crippen molar-refractivity contribution in [1.29, 1.82) is 0 Å². The van der Waals surface area contributed by atoms with E-state index in [1.807, 2.05) is 12.1 Å². The van der Waals surface area contributed by atoms with Crippen molar-refractivity contribution in [3.63, 3.8) is 0 Å². The topological polar surface area (TPSA) is 18.5 Å². The molecular weight excluding hydrogens is 456 g/mol. The van der Waals surface area contributed by atoms with Crippen LogP contribution in [0.3, 0.4) is 0 Å². The zero-order valence-corrected chi connectivity index (χ0v) is 19.1. The fourth-order valence-electron chi connectivity index (χ4n) is 2.96. The maximum Gasteiger partial charge on any atom is 0.127 e. The molecule has 2 aromatic rings. The molecule has 0 amide bonds. The lowest BCUT2D eigenvalue weighted by Crippen LogP contribution is -2.01. The first-order valence-electron chi connectivity index (χ1n) is 9.84. The summed E-state index contributed by atoms with van der Waals surface area (Å²) in [7, 11) is 0. The Kier molecular flexibility index (Phi) is 9.84. The van der Waals surface area contributed by atoms with Crippen LogP contribution >= 0.6 is 31.9 Å². The van der Waals surface area contributed by atoms with Crippen LogP contribution in [0.25, 0.3) is 10.8 Å². The Morgan fingerprint density at radius 3 is 1.46 bits per heavy atom. The zero-order valence-electron chi connectivity index (χ0n) is 16.0. The van der Waals surface area contributed by atoms with Crippen LogP contribution in [0.5, 0.6) is 11.5 Å². The van der Waals surface area contributed by atoms with Crippen LogP contribution in [-0.2, 0) is 0 Å². The summed E-state index contributed by atoms with van der Waals surface area (Å²) in [5.41, 5.74) is 0. The van der Waals surface area contributed by atoms with Crippen LogP contribution in [-0.4, -0.2) is 13.2 Å². The van der Waals surface area contributed by atoms with E-state index in [0.29, 0.717) is 0 Å². The van der Waals surface area contributed by atoms with Gasteiger partial charge in [0, 0.05) is 19.7 Å². The molecule has 0 radical (unpaired) electrons. The molecule has 2 aromatic carbocycles. The largest absolute Gasteiger partial charge is 0.493 e. The third kappa shape index (κ3) is 6.45. The SMILES string of the molecule is CCCCCCOc1ccc(OCCCCCC)c2cc(Br)c(Br)cc12. The van der Waals surface area contributed by atoms with Gasteiger partial charge in [0.1, 0.15) is 11.5 Å². The van der Waals surface area contributed by atoms with Crippen molar-refractivity contribution < 1.29 is 9.47 Å². The number of unbranched alkanes of at least 4 members (excludes halogenated alkanes) is 6. The number of halogens is 2. The van der Waals surface area contributed by atoms with Crippen LogP contribution in [0.1, 0.15) is 65.2 Å². The minimum absolute atomic E-state index is 0.764. The molecular formula is C22H30Br2O2. The highest BCUT2D eigenvalue weighted by Gasteiger charge is 2.11. The maximum absolute atomic E-state index is 6.08. The molecule has 0 spiro atoms. The van der Waals surface area contributed by atoms with Crippen LogP contribution < -0.4 is 9.47 Å². The standard InChI is InChI=1S/C22H30Br2O2/c1-3-5-7-9-13-25-21-11-12-22(26-14-10-8-6-4-2)18-16-20(24)19(23)15-17(18)21/h11-12,15-16H,3-10,13-14H2,1-2H3. The Morgan fingerprint density at radius 2 is 1.08 bits per heavy atom. The third-order valence-electron chi connectivity index (χ3n) is 4.49. The summed E-state index contributed by atoms with van der Waals surface area (Å²) in [6.45, 7) is 5.98. The maximum atomic E-state index is 6.08. The molecule has 26 heavy (non-hydrogen) atoms. The van der Waals surface area contributed by atoms with Gasteiger partial charge in [-0.3, -0.25) is 0 Å². The molecule has 0 heterocycles. The smallest absolute Gasteiger partial charge is 0.127 e. The number of fused-ring (bicyclic) bond motifs is 1. The Bertz CT molecular complexity index is 627. The monoisotopic (exact) mass is 484 g/mol. The van der Waals surface area contributed by atoms with Gasteiger partial charge in [-0.2, -0.15) is 0 Å². The van der Waals surface area contributed by atoms with E-state index in [4.69, 9.17) is 9.47 Å². The van der Waals surface area contributed by atoms with Crippen molar-refractivity contribution in [3.8, 4) is 11.5 Å². The highest BCUT2D eigenvalue weighted by Crippen LogP contribution is 2.38. The third-order valence-corrected chi connectivity index (χ3v) is 6.33. The van der Waals surface area contributed by atoms with E-state index in [9.17, 15) is 0 Å². The molecule has 0 atom stereocenters. The van der Waals surface area contributed by atoms with Crippen molar-refractivity contribution in [2.45, 2.75) is 65.2 Å². The normalized spacial score (nSPS) is 11.1. The summed E-state index contributed by atoms with van der Waals surface area (Å²) in [6.07, 6.45) is 9.68. The van der Waals surface area contributed by atoms with Crippen molar-refractivity contribution in [2.75, 3.05) is 13.2 Å². The van der Waals surface area contributed by atoms with Gasteiger partial charge in [0.05, 0.1) is 13.2 Å². The molecule has 0 bridgehead atoms. The Balaban J connectivity index is 2.12. The first-order chi connectivity index (χ1) is 12.7. The van der Waals surface area contributed by atoms with E-state index >= 15 is 0 Å². The van der Waals surface area contributed by atoms with Gasteiger partial charge in [-0.1, -0.05) is 52.4 Å². The molecule has 0 aromatic heterocycles. The first-order valence-corrected chi connectivity index (χ1v) is 11.4. The van der Waals surface area contributed by atoms with Crippen LogP contribution in [0.15, 0.2) is 33.2 Å². The average molecular weight is 486 g/mol. The molecule has 0 aliphatic heterocycles. The molecule has 0 saturated carbocycles. The molecule has 0 N–H and O–H groups in total. The lowest BCUT2D eigenvalue weighted by atomic mass is 10.1. The highest BCUT2D eigenvalue weighted by molar-refractivity contribution is 9.13. The van der Waals surface area contributed by atoms with E-state index in [2.05, 4.69) is 57.8 Å². The highest BCUT2D eigenvalue weighted by atomic mass is 79.9. The predicted molar refractivity (Wildman–Crippen MR) is 119 cm³/mol. The molecule has 2 nitrogen and oxygen atoms in total. The van der Waals surface area contributed by atoms with Gasteiger partial charge in [0.2, 0.25) is 0 Å². The van der Waals surface area contributed by atoms with Crippen molar-refractivity contribution in [3.05, 3.63) is 33.2 Å². The molecule has 2 rings (SSSR count). The van der Waals surface area contributed by atoms with E-state index in [-0.39, 0.29) is 0 Å². The second-order valence-corrected chi connectivity index (χ2v) is 8.40. The average Bonchev–Trinajstić information content (AvgIpc) is 2.63. The minimum Gasteiger partial charge on any atom is -0.493 e. The number of hydrogen-bond donors (Lipinski definition) is 0. The Hall–Kier alpha value is -0.740. The summed E-state index contributed by atoms with van der Waals surface area (Å²) in [4.78, 5) is 0. The molecule has 144 valence electrons. The van der Waals surface area contributed by atoms with E-state index in [1.54, 1.807) is 0 Å². The number of rotatable bonds is 12. The summed E-state index contributed by atoms with van der Waals surface area (Å²) >= 11 is 7.23. The van der Waals surface area contributed by atoms with Crippen molar-refractivity contribution in [2.24, 2.45) is 0 Å². The van der Waals surface area contributed by atoms with Crippen LogP contribution in [0, 0.1) is 0 Å². The quantitative estimate of drug-likeness (QED) is 0.281. The fourth-order valence-corrected chi connectivity index (χ4v) is 3.65. The predicted octanol–water partition coefficient (Wildman–Crippen LogP) is 8.28. The van der Waals surface area contributed by atoms with Crippen LogP contribution in [0.4, 0.5) is 0 Å². The molecule has 0 fully saturated rings. The van der Waals surface area contributed by atoms with E-state index < -0.39 is 0 Å². The summed E-state index contributed by atoms with van der Waals surface area (Å²) in [6, 6.07) is 8.32. The Morgan fingerprint density at radius 1 is 0.654 bits per heavy atom. The fraction of sp³-hybridized carbons (Fsp3) is 0.545. The number of hydrogen-bond acceptors (Lipinski definition) is 2. The van der Waals surface area contributed by atoms with Gasteiger partial charge in [-0.05, 0) is 69.0 Å². The second-order valence-electron chi connectivity index (χ2n) is 6.69. The molecule has 0 aliphatic carbocycles. The minimum atomic E-state index is 0.764. The van der Waals surface area contributed by atoms with Gasteiger partial charge in [0.25, 0.3) is 0 Å². The summed E-state index contributed by atoms with van der Waals surface area (Å²) < 4.78 is 14.2. The second kappa shape index (κ2) is 11.9. The zero-order chi connectivity index (χ0) is 18.8. The van der Waals surface area contributed by atoms with Gasteiger partial charge < -0.3 is 9.47 Å². The molecule has 0 unspecified atom stereocenters. The summed E-state index contributed by atoms with van der Waals surface area (Å²) in [5.74, 6) is 1.87. The van der Waals surface area contributed by atoms with E-state index in [0.717, 1.165) is 57.3 Å². The first kappa shape index (κ1) is 21.6. The number of ether oxygens (including phenoxy) is 2. The lowest BCUT2D eigenvalue weighted by Gasteiger charge is -2.15. The van der Waals surface area contributed by atoms with Gasteiger partial charge in [-0.25, -0.2) is 0 Å². The molecule has 0 aliphatic rings. The van der Waals surface area contributed by atoms with Gasteiger partial charge >= 0.3 is 0 Å². The van der Waals surface area contributed by atoms with Gasteiger partial charge in [-0.15, -0.1) is 0 Å².